The quantitative estimate of drug-likeness (QED) is 0.806. The standard InChI is InChI=1S/C16H13ClO3/c17-11-5-6-14-12(9-11)15(18)16(20-14)8-7-10-3-1-2-4-13(10)19-16/h1-6,9,15,18H,7-8H2/t15-,16+/m0/s1. The molecule has 0 saturated carbocycles. The van der Waals surface area contributed by atoms with Crippen LogP contribution in [0.15, 0.2) is 42.5 Å². The van der Waals surface area contributed by atoms with Gasteiger partial charge in [-0.15, -0.1) is 0 Å². The van der Waals surface area contributed by atoms with E-state index in [1.807, 2.05) is 24.3 Å². The van der Waals surface area contributed by atoms with Crippen LogP contribution in [0.1, 0.15) is 23.7 Å². The molecule has 0 fully saturated rings. The molecule has 0 unspecified atom stereocenters. The summed E-state index contributed by atoms with van der Waals surface area (Å²) in [6, 6.07) is 13.1. The SMILES string of the molecule is O[C@H]1c2cc(Cl)ccc2O[C@]12CCc1ccccc1O2. The summed E-state index contributed by atoms with van der Waals surface area (Å²) in [7, 11) is 0. The van der Waals surface area contributed by atoms with Crippen molar-refractivity contribution in [3.63, 3.8) is 0 Å². The monoisotopic (exact) mass is 288 g/mol. The lowest BCUT2D eigenvalue weighted by atomic mass is 9.94. The minimum Gasteiger partial charge on any atom is -0.449 e. The summed E-state index contributed by atoms with van der Waals surface area (Å²) in [6.07, 6.45) is 0.594. The van der Waals surface area contributed by atoms with Crippen LogP contribution in [0, 0.1) is 0 Å². The number of ether oxygens (including phenoxy) is 2. The summed E-state index contributed by atoms with van der Waals surface area (Å²) >= 11 is 5.99. The van der Waals surface area contributed by atoms with E-state index in [1.165, 1.54) is 0 Å². The summed E-state index contributed by atoms with van der Waals surface area (Å²) in [5.74, 6) is 0.388. The minimum atomic E-state index is -1.03. The molecule has 2 aromatic carbocycles. The van der Waals surface area contributed by atoms with Gasteiger partial charge in [0.15, 0.2) is 6.10 Å². The van der Waals surface area contributed by atoms with Gasteiger partial charge in [-0.1, -0.05) is 29.8 Å². The molecule has 0 aromatic heterocycles. The molecule has 102 valence electrons. The lowest BCUT2D eigenvalue weighted by Crippen LogP contribution is -2.46. The number of hydrogen-bond donors (Lipinski definition) is 1. The number of halogens is 1. The van der Waals surface area contributed by atoms with E-state index in [1.54, 1.807) is 18.2 Å². The highest BCUT2D eigenvalue weighted by atomic mass is 35.5. The van der Waals surface area contributed by atoms with Gasteiger partial charge >= 0.3 is 0 Å². The number of para-hydroxylation sites is 1. The molecule has 0 aliphatic carbocycles. The normalized spacial score (nSPS) is 26.6. The summed E-state index contributed by atoms with van der Waals surface area (Å²) in [6.45, 7) is 0. The van der Waals surface area contributed by atoms with E-state index in [0.29, 0.717) is 22.8 Å². The smallest absolute Gasteiger partial charge is 0.281 e. The first-order valence-corrected chi connectivity index (χ1v) is 6.99. The average molecular weight is 289 g/mol. The number of rotatable bonds is 0. The fourth-order valence-electron chi connectivity index (χ4n) is 2.93. The van der Waals surface area contributed by atoms with E-state index >= 15 is 0 Å². The second kappa shape index (κ2) is 4.14. The lowest BCUT2D eigenvalue weighted by molar-refractivity contribution is -0.179. The second-order valence-corrected chi connectivity index (χ2v) is 5.64. The van der Waals surface area contributed by atoms with E-state index in [0.717, 1.165) is 17.7 Å². The number of hydrogen-bond acceptors (Lipinski definition) is 3. The topological polar surface area (TPSA) is 38.7 Å². The fourth-order valence-corrected chi connectivity index (χ4v) is 3.11. The molecular formula is C16H13ClO3. The molecule has 0 radical (unpaired) electrons. The molecule has 2 aliphatic rings. The highest BCUT2D eigenvalue weighted by molar-refractivity contribution is 6.30. The Kier molecular flexibility index (Phi) is 2.50. The Hall–Kier alpha value is -1.71. The molecule has 2 aromatic rings. The molecule has 4 rings (SSSR count). The second-order valence-electron chi connectivity index (χ2n) is 5.21. The molecule has 1 spiro atoms. The summed E-state index contributed by atoms with van der Waals surface area (Å²) < 4.78 is 11.9. The van der Waals surface area contributed by atoms with E-state index in [2.05, 4.69) is 0 Å². The molecule has 0 amide bonds. The number of fused-ring (bicyclic) bond motifs is 2. The van der Waals surface area contributed by atoms with Gasteiger partial charge in [0.05, 0.1) is 0 Å². The average Bonchev–Trinajstić information content (AvgIpc) is 2.72. The molecule has 2 heterocycles. The third kappa shape index (κ3) is 1.63. The van der Waals surface area contributed by atoms with Crippen molar-refractivity contribution in [2.24, 2.45) is 0 Å². The highest BCUT2D eigenvalue weighted by Crippen LogP contribution is 2.49. The molecule has 4 heteroatoms. The first kappa shape index (κ1) is 12.1. The van der Waals surface area contributed by atoms with Gasteiger partial charge in [-0.05, 0) is 36.2 Å². The minimum absolute atomic E-state index is 0.583. The van der Waals surface area contributed by atoms with E-state index in [4.69, 9.17) is 21.1 Å². The Bertz CT molecular complexity index is 685. The Labute approximate surface area is 121 Å². The molecule has 0 saturated heterocycles. The summed E-state index contributed by atoms with van der Waals surface area (Å²) in [5.41, 5.74) is 1.83. The molecule has 0 bridgehead atoms. The van der Waals surface area contributed by atoms with Gasteiger partial charge in [-0.2, -0.15) is 0 Å². The number of benzene rings is 2. The van der Waals surface area contributed by atoms with Crippen molar-refractivity contribution in [3.8, 4) is 11.5 Å². The van der Waals surface area contributed by atoms with Crippen molar-refractivity contribution in [3.05, 3.63) is 58.6 Å². The van der Waals surface area contributed by atoms with Gasteiger partial charge in [0.25, 0.3) is 5.79 Å². The van der Waals surface area contributed by atoms with Gasteiger partial charge in [0.1, 0.15) is 11.5 Å². The lowest BCUT2D eigenvalue weighted by Gasteiger charge is -2.36. The van der Waals surface area contributed by atoms with Crippen LogP contribution in [-0.4, -0.2) is 10.9 Å². The predicted octanol–water partition coefficient (Wildman–Crippen LogP) is 3.49. The van der Waals surface area contributed by atoms with Crippen LogP contribution in [-0.2, 0) is 6.42 Å². The summed E-state index contributed by atoms with van der Waals surface area (Å²) in [4.78, 5) is 0. The Balaban J connectivity index is 1.75. The zero-order chi connectivity index (χ0) is 13.7. The van der Waals surface area contributed by atoms with Crippen molar-refractivity contribution < 1.29 is 14.6 Å². The fraction of sp³-hybridized carbons (Fsp3) is 0.250. The first-order valence-electron chi connectivity index (χ1n) is 6.61. The molecule has 2 aliphatic heterocycles. The van der Waals surface area contributed by atoms with E-state index < -0.39 is 11.9 Å². The Morgan fingerprint density at radius 1 is 1.10 bits per heavy atom. The largest absolute Gasteiger partial charge is 0.449 e. The van der Waals surface area contributed by atoms with Crippen molar-refractivity contribution in [1.82, 2.24) is 0 Å². The Morgan fingerprint density at radius 3 is 2.80 bits per heavy atom. The third-order valence-electron chi connectivity index (χ3n) is 3.96. The maximum absolute atomic E-state index is 10.6. The van der Waals surface area contributed by atoms with Crippen molar-refractivity contribution >= 4 is 11.6 Å². The number of aryl methyl sites for hydroxylation is 1. The Morgan fingerprint density at radius 2 is 1.90 bits per heavy atom. The maximum atomic E-state index is 10.6. The molecule has 3 nitrogen and oxygen atoms in total. The zero-order valence-corrected chi connectivity index (χ0v) is 11.4. The van der Waals surface area contributed by atoms with Crippen molar-refractivity contribution in [2.75, 3.05) is 0 Å². The van der Waals surface area contributed by atoms with Crippen molar-refractivity contribution in [1.29, 1.82) is 0 Å². The van der Waals surface area contributed by atoms with Crippen LogP contribution in [0.2, 0.25) is 5.02 Å². The van der Waals surface area contributed by atoms with Crippen LogP contribution < -0.4 is 9.47 Å². The van der Waals surface area contributed by atoms with Crippen LogP contribution >= 0.6 is 11.6 Å². The first-order chi connectivity index (χ1) is 9.68. The van der Waals surface area contributed by atoms with Crippen LogP contribution in [0.3, 0.4) is 0 Å². The highest BCUT2D eigenvalue weighted by Gasteiger charge is 2.52. The summed E-state index contributed by atoms with van der Waals surface area (Å²) in [5, 5.41) is 11.2. The molecule has 1 N–H and O–H groups in total. The van der Waals surface area contributed by atoms with Crippen LogP contribution in [0.4, 0.5) is 0 Å². The van der Waals surface area contributed by atoms with Gasteiger partial charge in [-0.25, -0.2) is 0 Å². The third-order valence-corrected chi connectivity index (χ3v) is 4.20. The van der Waals surface area contributed by atoms with Gasteiger partial charge in [0, 0.05) is 17.0 Å². The van der Waals surface area contributed by atoms with Crippen LogP contribution in [0.25, 0.3) is 0 Å². The van der Waals surface area contributed by atoms with Gasteiger partial charge < -0.3 is 14.6 Å². The van der Waals surface area contributed by atoms with Crippen molar-refractivity contribution in [2.45, 2.75) is 24.7 Å². The number of aliphatic hydroxyl groups excluding tert-OH is 1. The molecule has 2 atom stereocenters. The number of aliphatic hydroxyl groups is 1. The molecular weight excluding hydrogens is 276 g/mol. The maximum Gasteiger partial charge on any atom is 0.281 e. The van der Waals surface area contributed by atoms with Gasteiger partial charge in [0.2, 0.25) is 0 Å². The van der Waals surface area contributed by atoms with Crippen LogP contribution in [0.5, 0.6) is 11.5 Å². The zero-order valence-electron chi connectivity index (χ0n) is 10.7. The van der Waals surface area contributed by atoms with E-state index in [9.17, 15) is 5.11 Å². The molecule has 20 heavy (non-hydrogen) atoms. The van der Waals surface area contributed by atoms with Gasteiger partial charge in [-0.3, -0.25) is 0 Å². The predicted molar refractivity (Wildman–Crippen MR) is 75.2 cm³/mol. The van der Waals surface area contributed by atoms with E-state index in [-0.39, 0.29) is 0 Å².